The van der Waals surface area contributed by atoms with Crippen molar-refractivity contribution in [3.05, 3.63) is 28.6 Å². The van der Waals surface area contributed by atoms with Gasteiger partial charge in [0.2, 0.25) is 0 Å². The summed E-state index contributed by atoms with van der Waals surface area (Å²) < 4.78 is 6.91. The molecule has 0 unspecified atom stereocenters. The maximum Gasteiger partial charge on any atom is 0.261 e. The smallest absolute Gasteiger partial charge is 0.261 e. The first-order valence-corrected chi connectivity index (χ1v) is 10.5. The Morgan fingerprint density at radius 3 is 2.73 bits per heavy atom. The van der Waals surface area contributed by atoms with Gasteiger partial charge in [-0.05, 0) is 76.6 Å². The van der Waals surface area contributed by atoms with E-state index in [9.17, 15) is 4.79 Å². The minimum absolute atomic E-state index is 0.0284. The molecule has 2 aromatic rings. The molecule has 3 aliphatic heterocycles. The number of hydrogen-bond acceptors (Lipinski definition) is 4. The number of benzene rings is 1. The summed E-state index contributed by atoms with van der Waals surface area (Å²) in [7, 11) is 0. The summed E-state index contributed by atoms with van der Waals surface area (Å²) in [6, 6.07) is 6.37. The van der Waals surface area contributed by atoms with Crippen LogP contribution in [0.15, 0.2) is 18.2 Å². The third-order valence-electron chi connectivity index (χ3n) is 6.22. The van der Waals surface area contributed by atoms with Gasteiger partial charge in [-0.25, -0.2) is 0 Å². The van der Waals surface area contributed by atoms with Crippen molar-refractivity contribution in [1.29, 1.82) is 0 Å². The summed E-state index contributed by atoms with van der Waals surface area (Å²) in [4.78, 5) is 16.3. The molecular formula is C21H28N2O2S. The number of aryl methyl sites for hydroxylation is 1. The summed E-state index contributed by atoms with van der Waals surface area (Å²) in [6.07, 6.45) is 2.38. The number of nitrogens with one attached hydrogen (secondary N) is 1. The van der Waals surface area contributed by atoms with Crippen LogP contribution in [-0.4, -0.2) is 42.1 Å². The quantitative estimate of drug-likeness (QED) is 0.874. The van der Waals surface area contributed by atoms with Crippen LogP contribution in [0.4, 0.5) is 0 Å². The van der Waals surface area contributed by atoms with Gasteiger partial charge in [0.15, 0.2) is 0 Å². The van der Waals surface area contributed by atoms with Gasteiger partial charge in [-0.1, -0.05) is 12.1 Å². The van der Waals surface area contributed by atoms with E-state index in [2.05, 4.69) is 43.1 Å². The molecule has 1 aromatic carbocycles. The molecule has 3 saturated heterocycles. The molecule has 1 aromatic heterocycles. The molecule has 0 spiro atoms. The van der Waals surface area contributed by atoms with E-state index in [4.69, 9.17) is 4.74 Å². The van der Waals surface area contributed by atoms with Crippen LogP contribution in [0.3, 0.4) is 0 Å². The van der Waals surface area contributed by atoms with Crippen molar-refractivity contribution in [3.8, 4) is 5.75 Å². The third kappa shape index (κ3) is 2.81. The number of carbonyl (C=O) groups excluding carboxylic acids is 1. The zero-order valence-corrected chi connectivity index (χ0v) is 16.9. The fourth-order valence-electron chi connectivity index (χ4n) is 4.70. The Kier molecular flexibility index (Phi) is 4.48. The molecule has 1 N–H and O–H groups in total. The lowest BCUT2D eigenvalue weighted by molar-refractivity contribution is -0.0377. The molecule has 4 heterocycles. The predicted octanol–water partition coefficient (Wildman–Crippen LogP) is 4.21. The van der Waals surface area contributed by atoms with Crippen LogP contribution in [0.25, 0.3) is 10.1 Å². The standard InChI is InChI=1S/C21H28N2O2S/c1-5-25-17-13(2)6-7-15-12-16(26-18(15)17)20(24)22-19-14-8-10-23(11-9-14)21(19,3)4/h6-7,12,14,19H,5,8-11H2,1-4H3,(H,22,24)/t19-/m1/s1. The van der Waals surface area contributed by atoms with Crippen LogP contribution in [0.5, 0.6) is 5.75 Å². The summed E-state index contributed by atoms with van der Waals surface area (Å²) in [5.41, 5.74) is 1.15. The van der Waals surface area contributed by atoms with Crippen molar-refractivity contribution in [1.82, 2.24) is 10.2 Å². The van der Waals surface area contributed by atoms with Crippen molar-refractivity contribution in [2.45, 2.75) is 52.1 Å². The monoisotopic (exact) mass is 372 g/mol. The molecule has 0 radical (unpaired) electrons. The first-order chi connectivity index (χ1) is 12.4. The highest BCUT2D eigenvalue weighted by molar-refractivity contribution is 7.21. The van der Waals surface area contributed by atoms with E-state index < -0.39 is 0 Å². The maximum atomic E-state index is 13.0. The van der Waals surface area contributed by atoms with E-state index in [0.29, 0.717) is 12.5 Å². The van der Waals surface area contributed by atoms with Crippen LogP contribution in [0.1, 0.15) is 48.8 Å². The minimum Gasteiger partial charge on any atom is -0.492 e. The second kappa shape index (κ2) is 6.54. The van der Waals surface area contributed by atoms with Crippen LogP contribution in [-0.2, 0) is 0 Å². The number of carbonyl (C=O) groups is 1. The minimum atomic E-state index is 0.0284. The van der Waals surface area contributed by atoms with Crippen molar-refractivity contribution in [2.75, 3.05) is 19.7 Å². The number of hydrogen-bond donors (Lipinski definition) is 1. The van der Waals surface area contributed by atoms with E-state index in [1.54, 1.807) is 11.3 Å². The zero-order valence-electron chi connectivity index (χ0n) is 16.1. The molecule has 1 amide bonds. The number of ether oxygens (including phenoxy) is 1. The number of nitrogens with zero attached hydrogens (tertiary/aromatic N) is 1. The van der Waals surface area contributed by atoms with Gasteiger partial charge in [-0.2, -0.15) is 0 Å². The first-order valence-electron chi connectivity index (χ1n) is 9.63. The summed E-state index contributed by atoms with van der Waals surface area (Å²) in [5, 5.41) is 4.46. The third-order valence-corrected chi connectivity index (χ3v) is 7.37. The summed E-state index contributed by atoms with van der Waals surface area (Å²) in [6.45, 7) is 11.5. The van der Waals surface area contributed by atoms with Gasteiger partial charge in [0.05, 0.1) is 16.2 Å². The van der Waals surface area contributed by atoms with Gasteiger partial charge >= 0.3 is 0 Å². The number of thiophene rings is 1. The topological polar surface area (TPSA) is 41.6 Å². The van der Waals surface area contributed by atoms with Gasteiger partial charge in [-0.3, -0.25) is 9.69 Å². The predicted molar refractivity (Wildman–Crippen MR) is 107 cm³/mol. The summed E-state index contributed by atoms with van der Waals surface area (Å²) >= 11 is 1.54. The lowest BCUT2D eigenvalue weighted by Gasteiger charge is -2.56. The SMILES string of the molecule is CCOc1c(C)ccc2cc(C(=O)N[C@@H]3C4CCN(CC4)C3(C)C)sc12. The van der Waals surface area contributed by atoms with Crippen LogP contribution < -0.4 is 10.1 Å². The molecule has 1 atom stereocenters. The molecule has 3 fully saturated rings. The largest absolute Gasteiger partial charge is 0.492 e. The van der Waals surface area contributed by atoms with E-state index in [1.807, 2.05) is 13.0 Å². The van der Waals surface area contributed by atoms with E-state index >= 15 is 0 Å². The molecule has 140 valence electrons. The first kappa shape index (κ1) is 17.8. The Bertz CT molecular complexity index is 834. The number of amides is 1. The molecular weight excluding hydrogens is 344 g/mol. The molecule has 0 aliphatic carbocycles. The number of piperidine rings is 3. The highest BCUT2D eigenvalue weighted by Gasteiger charge is 2.48. The normalized spacial score (nSPS) is 26.8. The van der Waals surface area contributed by atoms with Crippen LogP contribution in [0, 0.1) is 12.8 Å². The van der Waals surface area contributed by atoms with Crippen LogP contribution in [0.2, 0.25) is 0 Å². The average Bonchev–Trinajstić information content (AvgIpc) is 3.05. The van der Waals surface area contributed by atoms with E-state index in [0.717, 1.165) is 39.4 Å². The Morgan fingerprint density at radius 1 is 1.35 bits per heavy atom. The van der Waals surface area contributed by atoms with E-state index in [-0.39, 0.29) is 17.5 Å². The van der Waals surface area contributed by atoms with Crippen LogP contribution >= 0.6 is 11.3 Å². The second-order valence-corrected chi connectivity index (χ2v) is 9.16. The Balaban J connectivity index is 1.62. The lowest BCUT2D eigenvalue weighted by Crippen LogP contribution is -2.69. The molecule has 5 rings (SSSR count). The van der Waals surface area contributed by atoms with Crippen molar-refractivity contribution < 1.29 is 9.53 Å². The highest BCUT2D eigenvalue weighted by atomic mass is 32.1. The maximum absolute atomic E-state index is 13.0. The Morgan fingerprint density at radius 2 is 2.08 bits per heavy atom. The molecule has 5 heteroatoms. The van der Waals surface area contributed by atoms with Crippen molar-refractivity contribution in [2.24, 2.45) is 5.92 Å². The second-order valence-electron chi connectivity index (χ2n) is 8.10. The van der Waals surface area contributed by atoms with Gasteiger partial charge in [0, 0.05) is 11.6 Å². The molecule has 4 nitrogen and oxygen atoms in total. The summed E-state index contributed by atoms with van der Waals surface area (Å²) in [5.74, 6) is 1.56. The molecule has 26 heavy (non-hydrogen) atoms. The fourth-order valence-corrected chi connectivity index (χ4v) is 5.82. The van der Waals surface area contributed by atoms with Crippen molar-refractivity contribution >= 4 is 27.3 Å². The van der Waals surface area contributed by atoms with E-state index in [1.165, 1.54) is 12.8 Å². The average molecular weight is 373 g/mol. The van der Waals surface area contributed by atoms with Gasteiger partial charge in [0.25, 0.3) is 5.91 Å². The zero-order chi connectivity index (χ0) is 18.5. The van der Waals surface area contributed by atoms with Gasteiger partial charge in [0.1, 0.15) is 5.75 Å². The number of rotatable bonds is 4. The molecule has 3 aliphatic rings. The fraction of sp³-hybridized carbons (Fsp3) is 0.571. The van der Waals surface area contributed by atoms with Gasteiger partial charge in [-0.15, -0.1) is 11.3 Å². The highest BCUT2D eigenvalue weighted by Crippen LogP contribution is 2.40. The number of fused-ring (bicyclic) bond motifs is 4. The van der Waals surface area contributed by atoms with Gasteiger partial charge < -0.3 is 10.1 Å². The lowest BCUT2D eigenvalue weighted by atomic mass is 9.72. The Labute approximate surface area is 159 Å². The van der Waals surface area contributed by atoms with Crippen molar-refractivity contribution in [3.63, 3.8) is 0 Å². The Hall–Kier alpha value is -1.59. The molecule has 2 bridgehead atoms. The molecule has 0 saturated carbocycles.